The standard InChI is InChI=1S/C5H10.C4H8.C3H6.C2H4/c1-3-5-4-2;1-3-4-2;1-3-2;1-2/h3,5H,4H2,1-2H3;3H,1,4H2,2H3;3H,1H2,2H3;1-2H2/b5-3+;;;. The first kappa shape index (κ1) is 23.1. The van der Waals surface area contributed by atoms with Crippen molar-refractivity contribution in [2.45, 2.75) is 40.5 Å². The molecule has 0 aliphatic heterocycles. The van der Waals surface area contributed by atoms with Crippen LogP contribution in [0.1, 0.15) is 40.5 Å². The van der Waals surface area contributed by atoms with Crippen LogP contribution in [0.25, 0.3) is 0 Å². The normalized spacial score (nSPS) is 6.57. The van der Waals surface area contributed by atoms with E-state index in [-0.39, 0.29) is 0 Å². The van der Waals surface area contributed by atoms with E-state index >= 15 is 0 Å². The van der Waals surface area contributed by atoms with Gasteiger partial charge in [-0.05, 0) is 26.7 Å². The quantitative estimate of drug-likeness (QED) is 0.508. The zero-order valence-electron chi connectivity index (χ0n) is 10.6. The van der Waals surface area contributed by atoms with Gasteiger partial charge in [-0.2, -0.15) is 0 Å². The minimum Gasteiger partial charge on any atom is -0.106 e. The Kier molecular flexibility index (Phi) is 96.3. The Balaban J connectivity index is -0.0000000505. The second kappa shape index (κ2) is 58.4. The largest absolute Gasteiger partial charge is 0.106 e. The highest BCUT2D eigenvalue weighted by Crippen LogP contribution is 1.73. The molecule has 0 saturated heterocycles. The summed E-state index contributed by atoms with van der Waals surface area (Å²) in [5.74, 6) is 0. The van der Waals surface area contributed by atoms with Gasteiger partial charge < -0.3 is 0 Å². The van der Waals surface area contributed by atoms with E-state index in [0.29, 0.717) is 0 Å². The summed E-state index contributed by atoms with van der Waals surface area (Å²) in [4.78, 5) is 0. The number of rotatable bonds is 2. The highest BCUT2D eigenvalue weighted by Gasteiger charge is 1.52. The highest BCUT2D eigenvalue weighted by molar-refractivity contribution is 4.73. The summed E-state index contributed by atoms with van der Waals surface area (Å²) in [6.45, 7) is 20.9. The molecule has 0 radical (unpaired) electrons. The molecule has 0 fully saturated rings. The van der Waals surface area contributed by atoms with Crippen LogP contribution < -0.4 is 0 Å². The second-order valence-corrected chi connectivity index (χ2v) is 2.08. The van der Waals surface area contributed by atoms with Crippen molar-refractivity contribution in [2.75, 3.05) is 0 Å². The zero-order valence-corrected chi connectivity index (χ0v) is 10.6. The van der Waals surface area contributed by atoms with Crippen LogP contribution in [-0.4, -0.2) is 0 Å². The lowest BCUT2D eigenvalue weighted by Crippen LogP contribution is -1.43. The third-order valence-electron chi connectivity index (χ3n) is 0.760. The fourth-order valence-corrected chi connectivity index (χ4v) is 0.236. The molecule has 0 rings (SSSR count). The molecule has 14 heavy (non-hydrogen) atoms. The molecule has 0 N–H and O–H groups in total. The van der Waals surface area contributed by atoms with Crippen LogP contribution in [0.5, 0.6) is 0 Å². The Morgan fingerprint density at radius 2 is 1.21 bits per heavy atom. The summed E-state index contributed by atoms with van der Waals surface area (Å²) >= 11 is 0. The SMILES string of the molecule is C/C=C/CC.C=C.C=CC.C=CCC. The predicted molar refractivity (Wildman–Crippen MR) is 72.7 cm³/mol. The molecular formula is C14H28. The molecule has 0 atom stereocenters. The van der Waals surface area contributed by atoms with Crippen LogP contribution in [0.3, 0.4) is 0 Å². The van der Waals surface area contributed by atoms with Crippen molar-refractivity contribution in [3.63, 3.8) is 0 Å². The lowest BCUT2D eigenvalue weighted by atomic mass is 10.4. The summed E-state index contributed by atoms with van der Waals surface area (Å²) in [7, 11) is 0. The summed E-state index contributed by atoms with van der Waals surface area (Å²) in [6.07, 6.45) is 10.1. The monoisotopic (exact) mass is 196 g/mol. The molecule has 0 aromatic carbocycles. The Morgan fingerprint density at radius 1 is 0.929 bits per heavy atom. The molecule has 0 unspecified atom stereocenters. The third kappa shape index (κ3) is 283. The van der Waals surface area contributed by atoms with Gasteiger partial charge >= 0.3 is 0 Å². The van der Waals surface area contributed by atoms with Gasteiger partial charge in [-0.25, -0.2) is 0 Å². The number of hydrogen-bond acceptors (Lipinski definition) is 0. The lowest BCUT2D eigenvalue weighted by Gasteiger charge is -1.65. The molecule has 0 nitrogen and oxygen atoms in total. The van der Waals surface area contributed by atoms with Gasteiger partial charge in [0.1, 0.15) is 0 Å². The molecule has 0 aliphatic rings. The van der Waals surface area contributed by atoms with Crippen LogP contribution in [0.2, 0.25) is 0 Å². The summed E-state index contributed by atoms with van der Waals surface area (Å²) in [5.41, 5.74) is 0. The molecule has 0 amide bonds. The molecular weight excluding hydrogens is 168 g/mol. The summed E-state index contributed by atoms with van der Waals surface area (Å²) < 4.78 is 0. The van der Waals surface area contributed by atoms with Crippen molar-refractivity contribution < 1.29 is 0 Å². The fraction of sp³-hybridized carbons (Fsp3) is 0.429. The molecule has 0 aliphatic carbocycles. The fourth-order valence-electron chi connectivity index (χ4n) is 0.236. The van der Waals surface area contributed by atoms with Crippen LogP contribution in [0, 0.1) is 0 Å². The van der Waals surface area contributed by atoms with E-state index < -0.39 is 0 Å². The summed E-state index contributed by atoms with van der Waals surface area (Å²) in [5, 5.41) is 0. The van der Waals surface area contributed by atoms with Gasteiger partial charge in [0.15, 0.2) is 0 Å². The Morgan fingerprint density at radius 3 is 1.21 bits per heavy atom. The van der Waals surface area contributed by atoms with E-state index in [0.717, 1.165) is 12.8 Å². The van der Waals surface area contributed by atoms with Gasteiger partial charge in [0.25, 0.3) is 0 Å². The first-order valence-electron chi connectivity index (χ1n) is 5.04. The van der Waals surface area contributed by atoms with Crippen molar-refractivity contribution in [1.29, 1.82) is 0 Å². The Bertz CT molecular complexity index is 98.6. The molecule has 0 bridgehead atoms. The summed E-state index contributed by atoms with van der Waals surface area (Å²) in [6, 6.07) is 0. The van der Waals surface area contributed by atoms with Crippen LogP contribution in [-0.2, 0) is 0 Å². The molecule has 0 aromatic rings. The average molecular weight is 196 g/mol. The Labute approximate surface area is 91.7 Å². The molecule has 0 saturated carbocycles. The smallest absolute Gasteiger partial charge is 0.0379 e. The van der Waals surface area contributed by atoms with Crippen LogP contribution in [0.15, 0.2) is 50.6 Å². The minimum absolute atomic E-state index is 1.08. The van der Waals surface area contributed by atoms with Crippen molar-refractivity contribution in [3.8, 4) is 0 Å². The third-order valence-corrected chi connectivity index (χ3v) is 0.760. The Hall–Kier alpha value is -1.04. The maximum Gasteiger partial charge on any atom is -0.0379 e. The number of allylic oxidation sites excluding steroid dienone is 4. The van der Waals surface area contributed by atoms with Crippen molar-refractivity contribution in [1.82, 2.24) is 0 Å². The highest BCUT2D eigenvalue weighted by atomic mass is 13.6. The maximum absolute atomic E-state index is 3.48. The van der Waals surface area contributed by atoms with E-state index in [1.807, 2.05) is 19.9 Å². The molecule has 84 valence electrons. The van der Waals surface area contributed by atoms with Gasteiger partial charge in [-0.1, -0.05) is 38.2 Å². The van der Waals surface area contributed by atoms with Crippen molar-refractivity contribution in [2.24, 2.45) is 0 Å². The molecule has 0 aromatic heterocycles. The second-order valence-electron chi connectivity index (χ2n) is 2.08. The molecule has 0 heteroatoms. The maximum atomic E-state index is 3.48. The number of hydrogen-bond donors (Lipinski definition) is 0. The van der Waals surface area contributed by atoms with Gasteiger partial charge in [-0.3, -0.25) is 0 Å². The van der Waals surface area contributed by atoms with Gasteiger partial charge in [0.2, 0.25) is 0 Å². The van der Waals surface area contributed by atoms with Gasteiger partial charge in [0.05, 0.1) is 0 Å². The predicted octanol–water partition coefficient (Wildman–Crippen LogP) is 5.55. The van der Waals surface area contributed by atoms with E-state index in [1.165, 1.54) is 0 Å². The van der Waals surface area contributed by atoms with Gasteiger partial charge in [0, 0.05) is 0 Å². The molecule has 0 heterocycles. The van der Waals surface area contributed by atoms with E-state index in [1.54, 1.807) is 6.08 Å². The minimum atomic E-state index is 1.08. The van der Waals surface area contributed by atoms with Crippen molar-refractivity contribution in [3.05, 3.63) is 50.6 Å². The van der Waals surface area contributed by atoms with E-state index in [4.69, 9.17) is 0 Å². The van der Waals surface area contributed by atoms with E-state index in [9.17, 15) is 0 Å². The van der Waals surface area contributed by atoms with Crippen LogP contribution in [0.4, 0.5) is 0 Å². The average Bonchev–Trinajstić information content (AvgIpc) is 2.24. The van der Waals surface area contributed by atoms with Crippen LogP contribution >= 0.6 is 0 Å². The topological polar surface area (TPSA) is 0 Å². The van der Waals surface area contributed by atoms with E-state index in [2.05, 4.69) is 52.3 Å². The zero-order chi connectivity index (χ0) is 12.2. The van der Waals surface area contributed by atoms with Crippen molar-refractivity contribution >= 4 is 0 Å². The molecule has 0 spiro atoms. The van der Waals surface area contributed by atoms with Gasteiger partial charge in [-0.15, -0.1) is 26.3 Å². The first-order valence-corrected chi connectivity index (χ1v) is 5.04. The lowest BCUT2D eigenvalue weighted by molar-refractivity contribution is 1.22. The first-order chi connectivity index (χ1) is 6.74.